The van der Waals surface area contributed by atoms with E-state index in [0.29, 0.717) is 5.41 Å². The third-order valence-corrected chi connectivity index (χ3v) is 4.70. The zero-order chi connectivity index (χ0) is 10.5. The molecule has 1 aromatic rings. The molecular weight excluding hydrogens is 182 g/mol. The maximum atomic E-state index is 2.48. The molecule has 0 aromatic heterocycles. The smallest absolute Gasteiger partial charge is 0.135 e. The molecule has 1 aromatic carbocycles. The predicted molar refractivity (Wildman–Crippen MR) is 62.6 cm³/mol. The minimum absolute atomic E-state index is 0.457. The lowest BCUT2D eigenvalue weighted by atomic mass is 9.69. The van der Waals surface area contributed by atoms with Crippen LogP contribution in [-0.2, 0) is 5.41 Å². The number of para-hydroxylation sites is 1. The first-order valence-corrected chi connectivity index (χ1v) is 6.17. The van der Waals surface area contributed by atoms with Crippen LogP contribution < -0.4 is 4.90 Å². The molecule has 1 aliphatic carbocycles. The summed E-state index contributed by atoms with van der Waals surface area (Å²) in [7, 11) is 2.35. The molecule has 1 N–H and O–H groups in total. The van der Waals surface area contributed by atoms with Crippen LogP contribution in [0.15, 0.2) is 24.3 Å². The molecule has 0 saturated heterocycles. The lowest BCUT2D eigenvalue weighted by Gasteiger charge is -2.35. The molecule has 2 aliphatic rings. The van der Waals surface area contributed by atoms with Crippen LogP contribution in [0.3, 0.4) is 0 Å². The highest BCUT2D eigenvalue weighted by molar-refractivity contribution is 5.48. The Hall–Kier alpha value is -0.820. The van der Waals surface area contributed by atoms with Gasteiger partial charge in [0.1, 0.15) is 11.7 Å². The lowest BCUT2D eigenvalue weighted by molar-refractivity contribution is -0.838. The van der Waals surface area contributed by atoms with Crippen molar-refractivity contribution in [1.82, 2.24) is 0 Å². The van der Waals surface area contributed by atoms with E-state index < -0.39 is 0 Å². The zero-order valence-electron chi connectivity index (χ0n) is 9.72. The van der Waals surface area contributed by atoms with Crippen molar-refractivity contribution >= 4 is 5.69 Å². The van der Waals surface area contributed by atoms with E-state index in [-0.39, 0.29) is 0 Å². The van der Waals surface area contributed by atoms with E-state index in [4.69, 9.17) is 0 Å². The molecule has 1 saturated carbocycles. The largest absolute Gasteiger partial charge is 0.302 e. The summed E-state index contributed by atoms with van der Waals surface area (Å²) in [6.45, 7) is 2.48. The quantitative estimate of drug-likeness (QED) is 0.657. The van der Waals surface area contributed by atoms with Gasteiger partial charge in [0.2, 0.25) is 0 Å². The lowest BCUT2D eigenvalue weighted by Crippen LogP contribution is -3.08. The van der Waals surface area contributed by atoms with Crippen molar-refractivity contribution in [1.29, 1.82) is 0 Å². The van der Waals surface area contributed by atoms with Gasteiger partial charge in [-0.05, 0) is 25.8 Å². The minimum Gasteiger partial charge on any atom is -0.302 e. The topological polar surface area (TPSA) is 4.44 Å². The van der Waals surface area contributed by atoms with Gasteiger partial charge in [-0.15, -0.1) is 0 Å². The van der Waals surface area contributed by atoms with Crippen LogP contribution in [0.25, 0.3) is 0 Å². The summed E-state index contributed by atoms with van der Waals surface area (Å²) < 4.78 is 0. The van der Waals surface area contributed by atoms with Crippen molar-refractivity contribution < 1.29 is 4.90 Å². The van der Waals surface area contributed by atoms with E-state index in [1.54, 1.807) is 16.2 Å². The van der Waals surface area contributed by atoms with Crippen LogP contribution >= 0.6 is 0 Å². The third kappa shape index (κ3) is 1.13. The number of fused-ring (bicyclic) bond motifs is 3. The molecule has 0 bridgehead atoms. The van der Waals surface area contributed by atoms with Crippen molar-refractivity contribution in [2.24, 2.45) is 0 Å². The van der Waals surface area contributed by atoms with E-state index in [2.05, 4.69) is 38.2 Å². The van der Waals surface area contributed by atoms with Crippen LogP contribution in [0.5, 0.6) is 0 Å². The van der Waals surface area contributed by atoms with Crippen LogP contribution in [0.2, 0.25) is 0 Å². The zero-order valence-corrected chi connectivity index (χ0v) is 9.72. The van der Waals surface area contributed by atoms with Gasteiger partial charge in [-0.25, -0.2) is 0 Å². The molecule has 1 aliphatic heterocycles. The maximum absolute atomic E-state index is 2.48. The first-order valence-electron chi connectivity index (χ1n) is 6.17. The molecular formula is C14H20N+. The average Bonchev–Trinajstić information content (AvgIpc) is 2.50. The summed E-state index contributed by atoms with van der Waals surface area (Å²) >= 11 is 0. The Morgan fingerprint density at radius 1 is 1.27 bits per heavy atom. The van der Waals surface area contributed by atoms with Crippen molar-refractivity contribution in [3.63, 3.8) is 0 Å². The molecule has 1 fully saturated rings. The van der Waals surface area contributed by atoms with Gasteiger partial charge in [0.25, 0.3) is 0 Å². The minimum atomic E-state index is 0.457. The summed E-state index contributed by atoms with van der Waals surface area (Å²) in [6, 6.07) is 9.87. The van der Waals surface area contributed by atoms with E-state index in [9.17, 15) is 0 Å². The second-order valence-electron chi connectivity index (χ2n) is 5.44. The Morgan fingerprint density at radius 3 is 2.93 bits per heavy atom. The molecule has 1 heteroatoms. The molecule has 3 atom stereocenters. The Balaban J connectivity index is 2.15. The Kier molecular flexibility index (Phi) is 1.93. The predicted octanol–water partition coefficient (Wildman–Crippen LogP) is 2.05. The standard InChI is InChI=1S/C14H19N/c1-14-10-6-5-9-13(14)15(2)12-8-4-3-7-11(12)14/h3-4,7-8,13H,5-6,9-10H2,1-2H3/p+1. The Labute approximate surface area is 92.1 Å². The molecule has 3 unspecified atom stereocenters. The average molecular weight is 202 g/mol. The summed E-state index contributed by atoms with van der Waals surface area (Å²) in [6.07, 6.45) is 5.61. The van der Waals surface area contributed by atoms with Crippen molar-refractivity contribution in [3.8, 4) is 0 Å². The second kappa shape index (κ2) is 3.08. The van der Waals surface area contributed by atoms with Gasteiger partial charge < -0.3 is 4.90 Å². The number of hydrogen-bond donors (Lipinski definition) is 1. The van der Waals surface area contributed by atoms with Gasteiger partial charge in [-0.1, -0.05) is 24.6 Å². The molecule has 1 nitrogen and oxygen atoms in total. The van der Waals surface area contributed by atoms with Crippen molar-refractivity contribution in [2.45, 2.75) is 44.1 Å². The van der Waals surface area contributed by atoms with Gasteiger partial charge >= 0.3 is 0 Å². The molecule has 3 rings (SSSR count). The molecule has 0 amide bonds. The summed E-state index contributed by atoms with van der Waals surface area (Å²) in [5.74, 6) is 0. The number of nitrogens with one attached hydrogen (secondary N) is 1. The summed E-state index contributed by atoms with van der Waals surface area (Å²) in [5.41, 5.74) is 3.62. The third-order valence-electron chi connectivity index (χ3n) is 4.70. The molecule has 15 heavy (non-hydrogen) atoms. The van der Waals surface area contributed by atoms with Gasteiger partial charge in [0, 0.05) is 12.0 Å². The number of benzene rings is 1. The summed E-state index contributed by atoms with van der Waals surface area (Å²) in [4.78, 5) is 1.65. The Morgan fingerprint density at radius 2 is 2.07 bits per heavy atom. The van der Waals surface area contributed by atoms with Gasteiger partial charge in [-0.2, -0.15) is 0 Å². The molecule has 0 radical (unpaired) electrons. The number of likely N-dealkylation sites (N-methyl/N-ethyl adjacent to an activating group) is 1. The highest BCUT2D eigenvalue weighted by Gasteiger charge is 2.51. The van der Waals surface area contributed by atoms with E-state index in [1.807, 2.05) is 0 Å². The molecule has 0 spiro atoms. The summed E-state index contributed by atoms with van der Waals surface area (Å²) in [5, 5.41) is 0. The number of rotatable bonds is 0. The fourth-order valence-corrected chi connectivity index (χ4v) is 3.86. The van der Waals surface area contributed by atoms with Crippen LogP contribution in [0.1, 0.15) is 38.2 Å². The van der Waals surface area contributed by atoms with E-state index >= 15 is 0 Å². The fourth-order valence-electron chi connectivity index (χ4n) is 3.86. The van der Waals surface area contributed by atoms with Crippen LogP contribution in [0, 0.1) is 0 Å². The van der Waals surface area contributed by atoms with Gasteiger partial charge in [-0.3, -0.25) is 0 Å². The highest BCUT2D eigenvalue weighted by atomic mass is 15.2. The van der Waals surface area contributed by atoms with Crippen molar-refractivity contribution in [3.05, 3.63) is 29.8 Å². The fraction of sp³-hybridized carbons (Fsp3) is 0.571. The monoisotopic (exact) mass is 202 g/mol. The normalized spacial score (nSPS) is 38.5. The number of quaternary nitrogens is 1. The van der Waals surface area contributed by atoms with E-state index in [0.717, 1.165) is 6.04 Å². The Bertz CT molecular complexity index is 385. The van der Waals surface area contributed by atoms with Crippen molar-refractivity contribution in [2.75, 3.05) is 7.05 Å². The maximum Gasteiger partial charge on any atom is 0.135 e. The van der Waals surface area contributed by atoms with Gasteiger partial charge in [0.15, 0.2) is 0 Å². The molecule has 80 valence electrons. The molecule has 1 heterocycles. The van der Waals surface area contributed by atoms with Crippen LogP contribution in [-0.4, -0.2) is 13.1 Å². The number of hydrogen-bond acceptors (Lipinski definition) is 0. The van der Waals surface area contributed by atoms with Gasteiger partial charge in [0.05, 0.1) is 12.5 Å². The SMILES string of the molecule is C[NH+]1c2ccccc2C2(C)CCCCC12. The second-order valence-corrected chi connectivity index (χ2v) is 5.44. The van der Waals surface area contributed by atoms with Crippen LogP contribution in [0.4, 0.5) is 5.69 Å². The highest BCUT2D eigenvalue weighted by Crippen LogP contribution is 2.44. The first-order chi connectivity index (χ1) is 7.23. The van der Waals surface area contributed by atoms with E-state index in [1.165, 1.54) is 25.7 Å². The first kappa shape index (κ1) is 9.41.